The smallest absolute Gasteiger partial charge is 0.335 e. The van der Waals surface area contributed by atoms with Gasteiger partial charge in [0.2, 0.25) is 5.95 Å². The Labute approximate surface area is 135 Å². The largest absolute Gasteiger partial charge is 0.478 e. The fourth-order valence-electron chi connectivity index (χ4n) is 3.17. The quantitative estimate of drug-likeness (QED) is 0.937. The normalized spacial score (nSPS) is 21.3. The second-order valence-electron chi connectivity index (χ2n) is 5.91. The number of aromatic carboxylic acids is 1. The highest BCUT2D eigenvalue weighted by Crippen LogP contribution is 2.25. The molecule has 120 valence electrons. The Kier molecular flexibility index (Phi) is 4.14. The average molecular weight is 312 g/mol. The zero-order chi connectivity index (χ0) is 16.4. The molecule has 2 heterocycles. The predicted molar refractivity (Wildman–Crippen MR) is 89.0 cm³/mol. The predicted octanol–water partition coefficient (Wildman–Crippen LogP) is 2.28. The van der Waals surface area contributed by atoms with Crippen molar-refractivity contribution in [3.05, 3.63) is 48.3 Å². The molecule has 0 spiro atoms. The summed E-state index contributed by atoms with van der Waals surface area (Å²) in [7, 11) is 0. The highest BCUT2D eigenvalue weighted by molar-refractivity contribution is 5.88. The zero-order valence-electron chi connectivity index (χ0n) is 13.3. The highest BCUT2D eigenvalue weighted by atomic mass is 16.4. The molecule has 3 rings (SSSR count). The van der Waals surface area contributed by atoms with Gasteiger partial charge in [-0.2, -0.15) is 0 Å². The number of hydrogen-bond donors (Lipinski definition) is 1. The standard InChI is InChI=1S/C17H20N4O2/c1-12-10-20(15-6-4-14(5-7-15)16(22)23)11-13(2)21(12)17-18-8-3-9-19-17/h3-9,12-13H,10-11H2,1-2H3,(H,22,23). The van der Waals surface area contributed by atoms with Crippen LogP contribution in [-0.2, 0) is 0 Å². The summed E-state index contributed by atoms with van der Waals surface area (Å²) in [5, 5.41) is 9.00. The molecule has 0 bridgehead atoms. The third-order valence-electron chi connectivity index (χ3n) is 4.18. The van der Waals surface area contributed by atoms with Crippen LogP contribution < -0.4 is 9.80 Å². The number of anilines is 2. The Morgan fingerprint density at radius 2 is 1.65 bits per heavy atom. The maximum absolute atomic E-state index is 11.0. The van der Waals surface area contributed by atoms with E-state index in [0.717, 1.165) is 24.7 Å². The molecular weight excluding hydrogens is 292 g/mol. The van der Waals surface area contributed by atoms with Crippen LogP contribution in [0.25, 0.3) is 0 Å². The molecule has 1 saturated heterocycles. The van der Waals surface area contributed by atoms with Crippen LogP contribution in [0.15, 0.2) is 42.7 Å². The van der Waals surface area contributed by atoms with Crippen LogP contribution in [0.5, 0.6) is 0 Å². The Morgan fingerprint density at radius 3 is 2.17 bits per heavy atom. The lowest BCUT2D eigenvalue weighted by molar-refractivity contribution is 0.0697. The van der Waals surface area contributed by atoms with Crippen LogP contribution in [-0.4, -0.2) is 46.2 Å². The van der Waals surface area contributed by atoms with E-state index in [2.05, 4.69) is 33.6 Å². The first-order chi connectivity index (χ1) is 11.1. The molecule has 1 aromatic carbocycles. The van der Waals surface area contributed by atoms with Crippen LogP contribution in [0.4, 0.5) is 11.6 Å². The van der Waals surface area contributed by atoms with Gasteiger partial charge in [-0.15, -0.1) is 0 Å². The highest BCUT2D eigenvalue weighted by Gasteiger charge is 2.31. The van der Waals surface area contributed by atoms with E-state index in [0.29, 0.717) is 5.56 Å². The summed E-state index contributed by atoms with van der Waals surface area (Å²) in [5.41, 5.74) is 1.36. The van der Waals surface area contributed by atoms with Gasteiger partial charge in [-0.1, -0.05) is 0 Å². The third-order valence-corrected chi connectivity index (χ3v) is 4.18. The number of carboxylic acids is 1. The minimum Gasteiger partial charge on any atom is -0.478 e. The molecule has 0 saturated carbocycles. The number of benzene rings is 1. The summed E-state index contributed by atoms with van der Waals surface area (Å²) in [6, 6.07) is 9.40. The van der Waals surface area contributed by atoms with Gasteiger partial charge in [-0.3, -0.25) is 0 Å². The Hall–Kier alpha value is -2.63. The number of nitrogens with zero attached hydrogens (tertiary/aromatic N) is 4. The fourth-order valence-corrected chi connectivity index (χ4v) is 3.17. The zero-order valence-corrected chi connectivity index (χ0v) is 13.3. The molecule has 0 amide bonds. The van der Waals surface area contributed by atoms with Crippen molar-refractivity contribution in [1.29, 1.82) is 0 Å². The van der Waals surface area contributed by atoms with Gasteiger partial charge in [0.1, 0.15) is 0 Å². The number of rotatable bonds is 3. The van der Waals surface area contributed by atoms with Crippen LogP contribution in [0.2, 0.25) is 0 Å². The van der Waals surface area contributed by atoms with E-state index in [1.54, 1.807) is 24.5 Å². The summed E-state index contributed by atoms with van der Waals surface area (Å²) in [4.78, 5) is 24.2. The molecule has 23 heavy (non-hydrogen) atoms. The molecular formula is C17H20N4O2. The second-order valence-corrected chi connectivity index (χ2v) is 5.91. The van der Waals surface area contributed by atoms with Crippen molar-refractivity contribution < 1.29 is 9.90 Å². The van der Waals surface area contributed by atoms with E-state index in [1.165, 1.54) is 0 Å². The molecule has 1 fully saturated rings. The van der Waals surface area contributed by atoms with Gasteiger partial charge in [0, 0.05) is 43.3 Å². The Morgan fingerprint density at radius 1 is 1.09 bits per heavy atom. The molecule has 1 N–H and O–H groups in total. The molecule has 1 aliphatic heterocycles. The maximum atomic E-state index is 11.0. The van der Waals surface area contributed by atoms with Crippen LogP contribution in [0.1, 0.15) is 24.2 Å². The minimum atomic E-state index is -0.899. The summed E-state index contributed by atoms with van der Waals surface area (Å²) in [5.74, 6) is -0.141. The molecule has 1 aromatic heterocycles. The molecule has 2 unspecified atom stereocenters. The van der Waals surface area contributed by atoms with E-state index in [4.69, 9.17) is 5.11 Å². The van der Waals surface area contributed by atoms with E-state index in [9.17, 15) is 4.79 Å². The first-order valence-electron chi connectivity index (χ1n) is 7.70. The van der Waals surface area contributed by atoms with E-state index < -0.39 is 5.97 Å². The third kappa shape index (κ3) is 3.11. The average Bonchev–Trinajstić information content (AvgIpc) is 2.55. The monoisotopic (exact) mass is 312 g/mol. The van der Waals surface area contributed by atoms with E-state index in [-0.39, 0.29) is 12.1 Å². The van der Waals surface area contributed by atoms with Gasteiger partial charge in [0.25, 0.3) is 0 Å². The van der Waals surface area contributed by atoms with Crippen LogP contribution in [0, 0.1) is 0 Å². The Balaban J connectivity index is 1.77. The van der Waals surface area contributed by atoms with Gasteiger partial charge in [-0.25, -0.2) is 14.8 Å². The molecule has 2 aromatic rings. The van der Waals surface area contributed by atoms with Gasteiger partial charge in [0.15, 0.2) is 0 Å². The molecule has 6 nitrogen and oxygen atoms in total. The van der Waals surface area contributed by atoms with Crippen molar-refractivity contribution >= 4 is 17.6 Å². The summed E-state index contributed by atoms with van der Waals surface area (Å²) >= 11 is 0. The number of aromatic nitrogens is 2. The summed E-state index contributed by atoms with van der Waals surface area (Å²) in [6.07, 6.45) is 3.53. The summed E-state index contributed by atoms with van der Waals surface area (Å²) in [6.45, 7) is 6.00. The minimum absolute atomic E-state index is 0.264. The second kappa shape index (κ2) is 6.24. The molecule has 1 aliphatic rings. The maximum Gasteiger partial charge on any atom is 0.335 e. The van der Waals surface area contributed by atoms with Gasteiger partial charge < -0.3 is 14.9 Å². The van der Waals surface area contributed by atoms with Crippen molar-refractivity contribution in [3.63, 3.8) is 0 Å². The Bertz CT molecular complexity index is 663. The number of piperazine rings is 1. The van der Waals surface area contributed by atoms with Gasteiger partial charge in [0.05, 0.1) is 5.56 Å². The van der Waals surface area contributed by atoms with Gasteiger partial charge >= 0.3 is 5.97 Å². The lowest BCUT2D eigenvalue weighted by atomic mass is 10.1. The molecule has 6 heteroatoms. The number of carboxylic acid groups (broad SMARTS) is 1. The first-order valence-corrected chi connectivity index (χ1v) is 7.70. The van der Waals surface area contributed by atoms with Crippen LogP contribution >= 0.6 is 0 Å². The SMILES string of the molecule is CC1CN(c2ccc(C(=O)O)cc2)CC(C)N1c1ncccn1. The first kappa shape index (κ1) is 15.3. The van der Waals surface area contributed by atoms with E-state index >= 15 is 0 Å². The fraction of sp³-hybridized carbons (Fsp3) is 0.353. The van der Waals surface area contributed by atoms with Crippen molar-refractivity contribution in [2.75, 3.05) is 22.9 Å². The van der Waals surface area contributed by atoms with Crippen molar-refractivity contribution in [2.24, 2.45) is 0 Å². The number of hydrogen-bond acceptors (Lipinski definition) is 5. The van der Waals surface area contributed by atoms with Crippen molar-refractivity contribution in [1.82, 2.24) is 9.97 Å². The van der Waals surface area contributed by atoms with Crippen molar-refractivity contribution in [2.45, 2.75) is 25.9 Å². The lowest BCUT2D eigenvalue weighted by Gasteiger charge is -2.45. The summed E-state index contributed by atoms with van der Waals surface area (Å²) < 4.78 is 0. The lowest BCUT2D eigenvalue weighted by Crippen LogP contribution is -2.57. The topological polar surface area (TPSA) is 69.6 Å². The molecule has 2 atom stereocenters. The van der Waals surface area contributed by atoms with E-state index in [1.807, 2.05) is 18.2 Å². The number of carbonyl (C=O) groups is 1. The van der Waals surface area contributed by atoms with Crippen molar-refractivity contribution in [3.8, 4) is 0 Å². The van der Waals surface area contributed by atoms with Crippen LogP contribution in [0.3, 0.4) is 0 Å². The molecule has 0 aliphatic carbocycles. The van der Waals surface area contributed by atoms with Gasteiger partial charge in [-0.05, 0) is 44.2 Å². The molecule has 0 radical (unpaired) electrons.